The lowest BCUT2D eigenvalue weighted by molar-refractivity contribution is -0.0103. The number of pyridine rings is 1. The number of fused-ring (bicyclic) bond motifs is 1. The van der Waals surface area contributed by atoms with Gasteiger partial charge in [0.15, 0.2) is 0 Å². The number of aliphatic hydroxyl groups is 1. The van der Waals surface area contributed by atoms with Crippen LogP contribution in [0.5, 0.6) is 0 Å². The number of methoxy groups -OCH3 is 1. The highest BCUT2D eigenvalue weighted by Crippen LogP contribution is 2.25. The van der Waals surface area contributed by atoms with Crippen LogP contribution in [-0.4, -0.2) is 49.6 Å². The fraction of sp³-hybridized carbons (Fsp3) is 0.438. The molecule has 1 fully saturated rings. The van der Waals surface area contributed by atoms with Gasteiger partial charge in [-0.2, -0.15) is 0 Å². The smallest absolute Gasteiger partial charge is 0.134 e. The summed E-state index contributed by atoms with van der Waals surface area (Å²) in [5.74, 6) is 0.848. The van der Waals surface area contributed by atoms with Gasteiger partial charge >= 0.3 is 0 Å². The van der Waals surface area contributed by atoms with E-state index in [2.05, 4.69) is 4.90 Å². The predicted octanol–water partition coefficient (Wildman–Crippen LogP) is 1.58. The molecule has 2 heterocycles. The van der Waals surface area contributed by atoms with Crippen molar-refractivity contribution >= 4 is 16.7 Å². The first kappa shape index (κ1) is 14.3. The summed E-state index contributed by atoms with van der Waals surface area (Å²) in [5, 5.41) is 10.7. The van der Waals surface area contributed by atoms with Crippen molar-refractivity contribution in [2.24, 2.45) is 0 Å². The molecule has 112 valence electrons. The van der Waals surface area contributed by atoms with Gasteiger partial charge in [0.05, 0.1) is 31.4 Å². The van der Waals surface area contributed by atoms with Crippen molar-refractivity contribution in [2.45, 2.75) is 12.7 Å². The summed E-state index contributed by atoms with van der Waals surface area (Å²) < 4.78 is 10.8. The Morgan fingerprint density at radius 3 is 3.10 bits per heavy atom. The van der Waals surface area contributed by atoms with Gasteiger partial charge in [0.2, 0.25) is 0 Å². The summed E-state index contributed by atoms with van der Waals surface area (Å²) in [5.41, 5.74) is 1.80. The molecule has 5 heteroatoms. The molecular formula is C16H20N2O3. The molecule has 5 nitrogen and oxygen atoms in total. The van der Waals surface area contributed by atoms with E-state index in [0.717, 1.165) is 35.4 Å². The van der Waals surface area contributed by atoms with Crippen LogP contribution in [0.4, 0.5) is 5.82 Å². The highest BCUT2D eigenvalue weighted by atomic mass is 16.5. The van der Waals surface area contributed by atoms with Crippen LogP contribution >= 0.6 is 0 Å². The molecule has 21 heavy (non-hydrogen) atoms. The number of anilines is 1. The van der Waals surface area contributed by atoms with Crippen molar-refractivity contribution in [3.63, 3.8) is 0 Å². The van der Waals surface area contributed by atoms with E-state index < -0.39 is 0 Å². The minimum Gasteiger partial charge on any atom is -0.392 e. The third-order valence-corrected chi connectivity index (χ3v) is 3.74. The van der Waals surface area contributed by atoms with Crippen molar-refractivity contribution in [1.29, 1.82) is 0 Å². The molecule has 0 spiro atoms. The Hall–Kier alpha value is -1.69. The van der Waals surface area contributed by atoms with E-state index in [1.54, 1.807) is 7.11 Å². The SMILES string of the molecule is COC[C@@H]1CN(c2nc3ccccc3cc2CO)CCO1. The van der Waals surface area contributed by atoms with Gasteiger partial charge in [0.25, 0.3) is 0 Å². The summed E-state index contributed by atoms with van der Waals surface area (Å²) in [6.07, 6.45) is 0.0450. The second-order valence-electron chi connectivity index (χ2n) is 5.22. The summed E-state index contributed by atoms with van der Waals surface area (Å²) in [4.78, 5) is 6.91. The van der Waals surface area contributed by atoms with Gasteiger partial charge in [-0.15, -0.1) is 0 Å². The second kappa shape index (κ2) is 6.39. The molecular weight excluding hydrogens is 268 g/mol. The fourth-order valence-electron chi connectivity index (χ4n) is 2.74. The van der Waals surface area contributed by atoms with Crippen molar-refractivity contribution in [2.75, 3.05) is 38.3 Å². The topological polar surface area (TPSA) is 54.8 Å². The molecule has 0 unspecified atom stereocenters. The van der Waals surface area contributed by atoms with Crippen LogP contribution in [0.2, 0.25) is 0 Å². The minimum atomic E-state index is -0.0144. The van der Waals surface area contributed by atoms with E-state index in [1.165, 1.54) is 0 Å². The average Bonchev–Trinajstić information content (AvgIpc) is 2.54. The lowest BCUT2D eigenvalue weighted by atomic mass is 10.1. The number of benzene rings is 1. The maximum Gasteiger partial charge on any atom is 0.134 e. The molecule has 1 N–H and O–H groups in total. The fourth-order valence-corrected chi connectivity index (χ4v) is 2.74. The molecule has 1 aromatic heterocycles. The number of hydrogen-bond acceptors (Lipinski definition) is 5. The lowest BCUT2D eigenvalue weighted by Crippen LogP contribution is -2.45. The number of aromatic nitrogens is 1. The lowest BCUT2D eigenvalue weighted by Gasteiger charge is -2.34. The Bertz CT molecular complexity index is 615. The van der Waals surface area contributed by atoms with Gasteiger partial charge < -0.3 is 19.5 Å². The molecule has 0 bridgehead atoms. The Morgan fingerprint density at radius 2 is 2.29 bits per heavy atom. The number of hydrogen-bond donors (Lipinski definition) is 1. The highest BCUT2D eigenvalue weighted by molar-refractivity contribution is 5.81. The van der Waals surface area contributed by atoms with Crippen LogP contribution in [0.15, 0.2) is 30.3 Å². The summed E-state index contributed by atoms with van der Waals surface area (Å²) >= 11 is 0. The Balaban J connectivity index is 1.94. The normalized spacial score (nSPS) is 19.1. The molecule has 3 rings (SSSR count). The van der Waals surface area contributed by atoms with Crippen LogP contribution in [0, 0.1) is 0 Å². The monoisotopic (exact) mass is 288 g/mol. The van der Waals surface area contributed by atoms with Gasteiger partial charge in [-0.3, -0.25) is 0 Å². The van der Waals surface area contributed by atoms with Crippen LogP contribution in [0.1, 0.15) is 5.56 Å². The van der Waals surface area contributed by atoms with E-state index in [1.807, 2.05) is 30.3 Å². The van der Waals surface area contributed by atoms with E-state index >= 15 is 0 Å². The molecule has 1 saturated heterocycles. The summed E-state index contributed by atoms with van der Waals surface area (Å²) in [6.45, 7) is 2.70. The highest BCUT2D eigenvalue weighted by Gasteiger charge is 2.23. The zero-order chi connectivity index (χ0) is 14.7. The maximum absolute atomic E-state index is 9.66. The molecule has 0 aliphatic carbocycles. The van der Waals surface area contributed by atoms with E-state index in [4.69, 9.17) is 14.5 Å². The molecule has 0 amide bonds. The maximum atomic E-state index is 9.66. The first-order chi connectivity index (χ1) is 10.3. The van der Waals surface area contributed by atoms with E-state index in [-0.39, 0.29) is 12.7 Å². The molecule has 0 radical (unpaired) electrons. The number of aliphatic hydroxyl groups excluding tert-OH is 1. The van der Waals surface area contributed by atoms with Gasteiger partial charge in [-0.05, 0) is 12.1 Å². The quantitative estimate of drug-likeness (QED) is 0.925. The van der Waals surface area contributed by atoms with Crippen molar-refractivity contribution in [3.8, 4) is 0 Å². The third-order valence-electron chi connectivity index (χ3n) is 3.74. The van der Waals surface area contributed by atoms with Gasteiger partial charge in [-0.1, -0.05) is 18.2 Å². The molecule has 2 aromatic rings. The van der Waals surface area contributed by atoms with Gasteiger partial charge in [0, 0.05) is 31.1 Å². The van der Waals surface area contributed by atoms with Gasteiger partial charge in [0.1, 0.15) is 5.82 Å². The van der Waals surface area contributed by atoms with Gasteiger partial charge in [-0.25, -0.2) is 4.98 Å². The van der Waals surface area contributed by atoms with Crippen molar-refractivity contribution in [1.82, 2.24) is 4.98 Å². The molecule has 1 aliphatic heterocycles. The zero-order valence-corrected chi connectivity index (χ0v) is 12.2. The van der Waals surface area contributed by atoms with Crippen LogP contribution in [0.25, 0.3) is 10.9 Å². The molecule has 1 atom stereocenters. The number of para-hydroxylation sites is 1. The number of ether oxygens (including phenoxy) is 2. The van der Waals surface area contributed by atoms with Crippen LogP contribution in [-0.2, 0) is 16.1 Å². The Labute approximate surface area is 124 Å². The third kappa shape index (κ3) is 3.00. The average molecular weight is 288 g/mol. The number of morpholine rings is 1. The van der Waals surface area contributed by atoms with Crippen LogP contribution in [0.3, 0.4) is 0 Å². The number of rotatable bonds is 4. The Kier molecular flexibility index (Phi) is 4.34. The van der Waals surface area contributed by atoms with Crippen molar-refractivity contribution in [3.05, 3.63) is 35.9 Å². The summed E-state index contributed by atoms with van der Waals surface area (Å²) in [6, 6.07) is 9.98. The largest absolute Gasteiger partial charge is 0.392 e. The standard InChI is InChI=1S/C16H20N2O3/c1-20-11-14-9-18(6-7-21-14)16-13(10-19)8-12-4-2-3-5-15(12)17-16/h2-5,8,14,19H,6-7,9-11H2,1H3/t14-/m0/s1. The van der Waals surface area contributed by atoms with Crippen molar-refractivity contribution < 1.29 is 14.6 Å². The summed E-state index contributed by atoms with van der Waals surface area (Å²) in [7, 11) is 1.68. The van der Waals surface area contributed by atoms with E-state index in [9.17, 15) is 5.11 Å². The van der Waals surface area contributed by atoms with E-state index in [0.29, 0.717) is 13.2 Å². The first-order valence-electron chi connectivity index (χ1n) is 7.17. The zero-order valence-electron chi connectivity index (χ0n) is 12.2. The van der Waals surface area contributed by atoms with Crippen LogP contribution < -0.4 is 4.90 Å². The molecule has 1 aliphatic rings. The first-order valence-corrected chi connectivity index (χ1v) is 7.17. The second-order valence-corrected chi connectivity index (χ2v) is 5.22. The Morgan fingerprint density at radius 1 is 1.43 bits per heavy atom. The molecule has 0 saturated carbocycles. The minimum absolute atomic E-state index is 0.0144. The molecule has 1 aromatic carbocycles. The predicted molar refractivity (Wildman–Crippen MR) is 81.5 cm³/mol. The number of nitrogens with zero attached hydrogens (tertiary/aromatic N) is 2.